The number of carboxylic acids is 1. The molecule has 106 valence electrons. The predicted octanol–water partition coefficient (Wildman–Crippen LogP) is 0.551. The summed E-state index contributed by atoms with van der Waals surface area (Å²) in [5.74, 6) is -0.121. The van der Waals surface area contributed by atoms with Crippen LogP contribution in [0, 0.1) is 0 Å². The van der Waals surface area contributed by atoms with Crippen molar-refractivity contribution in [3.05, 3.63) is 24.0 Å². The molecule has 0 bridgehead atoms. The van der Waals surface area contributed by atoms with E-state index < -0.39 is 5.97 Å². The summed E-state index contributed by atoms with van der Waals surface area (Å²) in [6.45, 7) is 1.63. The second kappa shape index (κ2) is 4.95. The van der Waals surface area contributed by atoms with E-state index in [1.54, 1.807) is 16.8 Å². The minimum absolute atomic E-state index is 0.216. The van der Waals surface area contributed by atoms with Gasteiger partial charge in [-0.15, -0.1) is 0 Å². The molecule has 0 amide bonds. The van der Waals surface area contributed by atoms with Crippen molar-refractivity contribution in [2.24, 2.45) is 7.05 Å². The molecule has 3 rings (SSSR count). The number of aromatic carboxylic acids is 1. The van der Waals surface area contributed by atoms with Gasteiger partial charge in [-0.25, -0.2) is 9.48 Å². The van der Waals surface area contributed by atoms with Crippen molar-refractivity contribution in [1.82, 2.24) is 24.8 Å². The molecular weight excluding hydrogens is 260 g/mol. The highest BCUT2D eigenvalue weighted by atomic mass is 16.4. The Kier molecular flexibility index (Phi) is 3.13. The molecule has 3 heterocycles. The van der Waals surface area contributed by atoms with E-state index in [1.165, 1.54) is 0 Å². The summed E-state index contributed by atoms with van der Waals surface area (Å²) in [4.78, 5) is 13.3. The number of aromatic nitrogens is 5. The number of rotatable bonds is 3. The van der Waals surface area contributed by atoms with E-state index in [1.807, 2.05) is 17.8 Å². The molecule has 2 aromatic rings. The molecule has 1 aliphatic heterocycles. The van der Waals surface area contributed by atoms with Crippen LogP contribution in [0.2, 0.25) is 0 Å². The summed E-state index contributed by atoms with van der Waals surface area (Å²) in [6.07, 6.45) is 3.59. The van der Waals surface area contributed by atoms with Gasteiger partial charge in [0.1, 0.15) is 5.69 Å². The van der Waals surface area contributed by atoms with Gasteiger partial charge in [0.05, 0.1) is 0 Å². The number of tetrazole rings is 1. The van der Waals surface area contributed by atoms with Crippen LogP contribution in [0.15, 0.2) is 18.3 Å². The normalized spacial score (nSPS) is 16.6. The summed E-state index contributed by atoms with van der Waals surface area (Å²) in [5.41, 5.74) is 0.351. The first-order valence-electron chi connectivity index (χ1n) is 6.54. The first-order valence-corrected chi connectivity index (χ1v) is 6.54. The molecule has 20 heavy (non-hydrogen) atoms. The highest BCUT2D eigenvalue weighted by Crippen LogP contribution is 2.26. The lowest BCUT2D eigenvalue weighted by atomic mass is 10.0. The number of carboxylic acid groups (broad SMARTS) is 1. The molecule has 0 saturated carbocycles. The van der Waals surface area contributed by atoms with E-state index in [0.29, 0.717) is 5.69 Å². The van der Waals surface area contributed by atoms with Crippen LogP contribution in [0.4, 0.5) is 5.95 Å². The monoisotopic (exact) mass is 276 g/mol. The summed E-state index contributed by atoms with van der Waals surface area (Å²) < 4.78 is 3.51. The summed E-state index contributed by atoms with van der Waals surface area (Å²) in [5, 5.41) is 20.6. The first kappa shape index (κ1) is 12.6. The number of nitrogens with zero attached hydrogens (tertiary/aromatic N) is 6. The van der Waals surface area contributed by atoms with Crippen molar-refractivity contribution in [2.45, 2.75) is 18.9 Å². The number of anilines is 1. The smallest absolute Gasteiger partial charge is 0.352 e. The molecule has 0 aromatic carbocycles. The maximum atomic E-state index is 11.2. The molecule has 0 unspecified atom stereocenters. The van der Waals surface area contributed by atoms with Crippen LogP contribution in [-0.2, 0) is 7.05 Å². The van der Waals surface area contributed by atoms with Gasteiger partial charge >= 0.3 is 5.97 Å². The van der Waals surface area contributed by atoms with E-state index in [4.69, 9.17) is 5.11 Å². The van der Waals surface area contributed by atoms with E-state index in [-0.39, 0.29) is 6.04 Å². The molecule has 1 N–H and O–H groups in total. The van der Waals surface area contributed by atoms with E-state index in [0.717, 1.165) is 31.9 Å². The van der Waals surface area contributed by atoms with Crippen LogP contribution >= 0.6 is 0 Å². The van der Waals surface area contributed by atoms with E-state index in [9.17, 15) is 4.79 Å². The van der Waals surface area contributed by atoms with Gasteiger partial charge in [-0.1, -0.05) is 5.10 Å². The molecule has 1 saturated heterocycles. The van der Waals surface area contributed by atoms with Crippen LogP contribution < -0.4 is 4.90 Å². The van der Waals surface area contributed by atoms with Gasteiger partial charge in [0.25, 0.3) is 0 Å². The third-order valence-corrected chi connectivity index (χ3v) is 3.74. The Morgan fingerprint density at radius 1 is 1.40 bits per heavy atom. The zero-order valence-electron chi connectivity index (χ0n) is 11.2. The van der Waals surface area contributed by atoms with Crippen LogP contribution in [0.3, 0.4) is 0 Å². The van der Waals surface area contributed by atoms with Crippen LogP contribution in [-0.4, -0.2) is 48.9 Å². The fraction of sp³-hybridized carbons (Fsp3) is 0.500. The second-order valence-corrected chi connectivity index (χ2v) is 4.93. The van der Waals surface area contributed by atoms with Gasteiger partial charge in [0.15, 0.2) is 0 Å². The van der Waals surface area contributed by atoms with Crippen LogP contribution in [0.25, 0.3) is 0 Å². The molecule has 0 aliphatic carbocycles. The third-order valence-electron chi connectivity index (χ3n) is 3.74. The minimum atomic E-state index is -0.880. The molecule has 0 spiro atoms. The SMILES string of the molecule is Cn1nnnc1N1CCC(n2cccc2C(=O)O)CC1. The zero-order chi connectivity index (χ0) is 14.1. The highest BCUT2D eigenvalue weighted by molar-refractivity contribution is 5.85. The second-order valence-electron chi connectivity index (χ2n) is 4.93. The van der Waals surface area contributed by atoms with Crippen molar-refractivity contribution in [3.63, 3.8) is 0 Å². The fourth-order valence-electron chi connectivity index (χ4n) is 2.73. The minimum Gasteiger partial charge on any atom is -0.477 e. The summed E-state index contributed by atoms with van der Waals surface area (Å²) >= 11 is 0. The van der Waals surface area contributed by atoms with Crippen molar-refractivity contribution < 1.29 is 9.90 Å². The van der Waals surface area contributed by atoms with Gasteiger partial charge in [-0.3, -0.25) is 0 Å². The van der Waals surface area contributed by atoms with Gasteiger partial charge in [0.2, 0.25) is 5.95 Å². The average Bonchev–Trinajstić information content (AvgIpc) is 3.07. The summed E-state index contributed by atoms with van der Waals surface area (Å²) in [6, 6.07) is 3.64. The molecule has 8 heteroatoms. The van der Waals surface area contributed by atoms with Crippen molar-refractivity contribution in [2.75, 3.05) is 18.0 Å². The number of hydrogen-bond donors (Lipinski definition) is 1. The maximum absolute atomic E-state index is 11.2. The Morgan fingerprint density at radius 3 is 2.75 bits per heavy atom. The standard InChI is InChI=1S/C12H16N6O2/c1-16-12(13-14-15-16)17-7-4-9(5-8-17)18-6-2-3-10(18)11(19)20/h2-3,6,9H,4-5,7-8H2,1H3,(H,19,20). The lowest BCUT2D eigenvalue weighted by Crippen LogP contribution is -2.36. The summed E-state index contributed by atoms with van der Waals surface area (Å²) in [7, 11) is 1.82. The van der Waals surface area contributed by atoms with Gasteiger partial charge in [-0.05, 0) is 35.4 Å². The molecule has 2 aromatic heterocycles. The number of aryl methyl sites for hydroxylation is 1. The Morgan fingerprint density at radius 2 is 2.15 bits per heavy atom. The number of piperidine rings is 1. The Hall–Kier alpha value is -2.38. The largest absolute Gasteiger partial charge is 0.477 e. The lowest BCUT2D eigenvalue weighted by Gasteiger charge is -2.33. The quantitative estimate of drug-likeness (QED) is 0.880. The predicted molar refractivity (Wildman–Crippen MR) is 70.7 cm³/mol. The lowest BCUT2D eigenvalue weighted by molar-refractivity contribution is 0.0681. The van der Waals surface area contributed by atoms with Gasteiger partial charge in [-0.2, -0.15) is 0 Å². The average molecular weight is 276 g/mol. The van der Waals surface area contributed by atoms with Crippen molar-refractivity contribution in [1.29, 1.82) is 0 Å². The molecule has 1 fully saturated rings. The Bertz CT molecular complexity index is 611. The Balaban J connectivity index is 1.71. The van der Waals surface area contributed by atoms with Gasteiger partial charge in [0, 0.05) is 32.4 Å². The molecule has 1 aliphatic rings. The third kappa shape index (κ3) is 2.13. The number of hydrogen-bond acceptors (Lipinski definition) is 5. The fourth-order valence-corrected chi connectivity index (χ4v) is 2.73. The Labute approximate surface area is 115 Å². The molecular formula is C12H16N6O2. The van der Waals surface area contributed by atoms with E-state index >= 15 is 0 Å². The molecule has 0 atom stereocenters. The van der Waals surface area contributed by atoms with E-state index in [2.05, 4.69) is 20.4 Å². The van der Waals surface area contributed by atoms with Crippen molar-refractivity contribution in [3.8, 4) is 0 Å². The topological polar surface area (TPSA) is 89.1 Å². The highest BCUT2D eigenvalue weighted by Gasteiger charge is 2.25. The van der Waals surface area contributed by atoms with Gasteiger partial charge < -0.3 is 14.6 Å². The molecule has 8 nitrogen and oxygen atoms in total. The first-order chi connectivity index (χ1) is 9.66. The zero-order valence-corrected chi connectivity index (χ0v) is 11.2. The maximum Gasteiger partial charge on any atom is 0.352 e. The van der Waals surface area contributed by atoms with Crippen molar-refractivity contribution >= 4 is 11.9 Å². The van der Waals surface area contributed by atoms with Crippen LogP contribution in [0.5, 0.6) is 0 Å². The van der Waals surface area contributed by atoms with Crippen LogP contribution in [0.1, 0.15) is 29.4 Å². The molecule has 0 radical (unpaired) electrons. The number of carbonyl (C=O) groups is 1.